The topological polar surface area (TPSA) is 89.5 Å². The SMILES string of the molecule is C[C@@H]1[C@@H](OCc2ccccc2)C[C@H]2C[C@@H]([C@@H]3C[C@H]3C)OC(=O)C[C@@H]3O[C@@H](C[C@H](OCc4ccccc4)[C@H]3C)C[C@@H]([C@@H]3C[C@H]3C)OC(=O)C[C@@H]1O2. The minimum atomic E-state index is -0.355. The minimum Gasteiger partial charge on any atom is -0.462 e. The number of rotatable bonds is 8. The largest absolute Gasteiger partial charge is 0.462 e. The van der Waals surface area contributed by atoms with Gasteiger partial charge in [-0.1, -0.05) is 88.4 Å². The van der Waals surface area contributed by atoms with Crippen LogP contribution >= 0.6 is 0 Å². The molecular formula is C42H56O8. The molecule has 0 spiro atoms. The van der Waals surface area contributed by atoms with Crippen molar-refractivity contribution in [2.75, 3.05) is 0 Å². The zero-order chi connectivity index (χ0) is 34.8. The quantitative estimate of drug-likeness (QED) is 0.264. The number of cyclic esters (lactones) is 2. The average molecular weight is 689 g/mol. The van der Waals surface area contributed by atoms with Crippen molar-refractivity contribution in [1.82, 2.24) is 0 Å². The van der Waals surface area contributed by atoms with E-state index in [1.54, 1.807) is 0 Å². The Balaban J connectivity index is 1.12. The molecule has 3 heterocycles. The van der Waals surface area contributed by atoms with Gasteiger partial charge in [-0.2, -0.15) is 0 Å². The first-order chi connectivity index (χ1) is 24.2. The van der Waals surface area contributed by atoms with Gasteiger partial charge < -0.3 is 28.4 Å². The summed E-state index contributed by atoms with van der Waals surface area (Å²) in [5.41, 5.74) is 2.23. The first kappa shape index (κ1) is 35.6. The predicted molar refractivity (Wildman–Crippen MR) is 188 cm³/mol. The Hall–Kier alpha value is -2.78. The number of carbonyl (C=O) groups excluding carboxylic acids is 2. The predicted octanol–water partition coefficient (Wildman–Crippen LogP) is 7.45. The maximum Gasteiger partial charge on any atom is 0.308 e. The Morgan fingerprint density at radius 1 is 0.540 bits per heavy atom. The zero-order valence-electron chi connectivity index (χ0n) is 30.2. The smallest absolute Gasteiger partial charge is 0.308 e. The lowest BCUT2D eigenvalue weighted by Crippen LogP contribution is -2.48. The minimum absolute atomic E-state index is 0.00742. The van der Waals surface area contributed by atoms with Crippen molar-refractivity contribution in [3.8, 4) is 0 Å². The van der Waals surface area contributed by atoms with Crippen molar-refractivity contribution in [2.24, 2.45) is 35.5 Å². The van der Waals surface area contributed by atoms with Crippen LogP contribution in [0.3, 0.4) is 0 Å². The van der Waals surface area contributed by atoms with Crippen LogP contribution in [-0.4, -0.2) is 60.8 Å². The molecule has 0 aromatic heterocycles. The van der Waals surface area contributed by atoms with Crippen molar-refractivity contribution >= 4 is 11.9 Å². The van der Waals surface area contributed by atoms with E-state index < -0.39 is 0 Å². The van der Waals surface area contributed by atoms with Crippen molar-refractivity contribution in [2.45, 2.75) is 141 Å². The molecule has 50 heavy (non-hydrogen) atoms. The fourth-order valence-corrected chi connectivity index (χ4v) is 8.69. The summed E-state index contributed by atoms with van der Waals surface area (Å²) >= 11 is 0. The summed E-state index contributed by atoms with van der Waals surface area (Å²) in [4.78, 5) is 27.6. The van der Waals surface area contributed by atoms with E-state index in [0.717, 1.165) is 24.0 Å². The highest BCUT2D eigenvalue weighted by Crippen LogP contribution is 2.47. The molecule has 2 aromatic carbocycles. The van der Waals surface area contributed by atoms with Crippen LogP contribution in [-0.2, 0) is 51.2 Å². The van der Waals surface area contributed by atoms with E-state index in [1.807, 2.05) is 36.4 Å². The van der Waals surface area contributed by atoms with Crippen molar-refractivity contribution in [1.29, 1.82) is 0 Å². The maximum absolute atomic E-state index is 13.8. The van der Waals surface area contributed by atoms with Gasteiger partial charge in [0.25, 0.3) is 0 Å². The van der Waals surface area contributed by atoms with Gasteiger partial charge in [0.1, 0.15) is 12.2 Å². The highest BCUT2D eigenvalue weighted by atomic mass is 16.6. The molecule has 8 heteroatoms. The van der Waals surface area contributed by atoms with Gasteiger partial charge in [0, 0.05) is 37.5 Å². The highest BCUT2D eigenvalue weighted by molar-refractivity contribution is 5.71. The molecule has 4 bridgehead atoms. The summed E-state index contributed by atoms with van der Waals surface area (Å²) in [5.74, 6) is 1.11. The summed E-state index contributed by atoms with van der Waals surface area (Å²) in [6.07, 6.45) is 3.09. The molecule has 7 rings (SSSR count). The fraction of sp³-hybridized carbons (Fsp3) is 0.667. The Bertz CT molecular complexity index is 1310. The molecule has 0 amide bonds. The number of hydrogen-bond acceptors (Lipinski definition) is 8. The van der Waals surface area contributed by atoms with Gasteiger partial charge in [-0.25, -0.2) is 0 Å². The first-order valence-corrected chi connectivity index (χ1v) is 19.2. The standard InChI is InChI=1S/C42H56O8/c1-25-15-33(25)39-19-31-17-35(45-23-29-11-7-5-8-12-29)27(3)38(47-31)22-42(44)50-40(34-16-26(34)2)20-32-18-36(46-24-30-13-9-6-10-14-30)28(4)37(48-32)21-41(43)49-39/h5-14,25-28,31-40H,15-24H2,1-4H3/t25-,26-,27-,28-,31+,32+,33-,34-,35+,36+,37+,38+,39+,40+/m1/s1. The van der Waals surface area contributed by atoms with Crippen LogP contribution in [0.25, 0.3) is 0 Å². The van der Waals surface area contributed by atoms with Gasteiger partial charge >= 0.3 is 11.9 Å². The monoisotopic (exact) mass is 688 g/mol. The molecule has 0 N–H and O–H groups in total. The second-order valence-electron chi connectivity index (χ2n) is 16.1. The van der Waals surface area contributed by atoms with Gasteiger partial charge in [0.15, 0.2) is 0 Å². The molecule has 3 aliphatic heterocycles. The average Bonchev–Trinajstić information content (AvgIpc) is 4.03. The zero-order valence-corrected chi connectivity index (χ0v) is 30.2. The van der Waals surface area contributed by atoms with Crippen LogP contribution in [0, 0.1) is 35.5 Å². The molecule has 5 fully saturated rings. The van der Waals surface area contributed by atoms with E-state index in [-0.39, 0.29) is 85.4 Å². The second kappa shape index (κ2) is 15.9. The van der Waals surface area contributed by atoms with E-state index in [0.29, 0.717) is 62.6 Å². The third-order valence-electron chi connectivity index (χ3n) is 12.3. The van der Waals surface area contributed by atoms with Crippen molar-refractivity contribution in [3.63, 3.8) is 0 Å². The second-order valence-corrected chi connectivity index (χ2v) is 16.1. The maximum atomic E-state index is 13.8. The molecule has 5 aliphatic rings. The van der Waals surface area contributed by atoms with E-state index in [4.69, 9.17) is 28.4 Å². The summed E-state index contributed by atoms with van der Waals surface area (Å²) in [6, 6.07) is 20.4. The summed E-state index contributed by atoms with van der Waals surface area (Å²) < 4.78 is 39.3. The Morgan fingerprint density at radius 3 is 1.28 bits per heavy atom. The van der Waals surface area contributed by atoms with Gasteiger partial charge in [-0.15, -0.1) is 0 Å². The van der Waals surface area contributed by atoms with Gasteiger partial charge in [-0.3, -0.25) is 9.59 Å². The van der Waals surface area contributed by atoms with Gasteiger partial charge in [0.05, 0.1) is 62.7 Å². The van der Waals surface area contributed by atoms with E-state index in [1.165, 1.54) is 0 Å². The van der Waals surface area contributed by atoms with E-state index >= 15 is 0 Å². The molecule has 2 aromatic rings. The Labute approximate surface area is 297 Å². The number of carbonyl (C=O) groups is 2. The highest BCUT2D eigenvalue weighted by Gasteiger charge is 2.48. The molecule has 8 nitrogen and oxygen atoms in total. The van der Waals surface area contributed by atoms with E-state index in [9.17, 15) is 9.59 Å². The molecule has 3 saturated heterocycles. The molecule has 0 radical (unpaired) electrons. The fourth-order valence-electron chi connectivity index (χ4n) is 8.69. The van der Waals surface area contributed by atoms with Gasteiger partial charge in [0.2, 0.25) is 0 Å². The number of esters is 2. The number of benzene rings is 2. The van der Waals surface area contributed by atoms with Crippen LogP contribution in [0.2, 0.25) is 0 Å². The van der Waals surface area contributed by atoms with Crippen LogP contribution < -0.4 is 0 Å². The van der Waals surface area contributed by atoms with Crippen LogP contribution in [0.15, 0.2) is 60.7 Å². The normalized spacial score (nSPS) is 40.7. The van der Waals surface area contributed by atoms with Gasteiger partial charge in [-0.05, 0) is 47.6 Å². The molecular weight excluding hydrogens is 632 g/mol. The van der Waals surface area contributed by atoms with E-state index in [2.05, 4.69) is 52.0 Å². The Morgan fingerprint density at radius 2 is 0.920 bits per heavy atom. The molecule has 0 unspecified atom stereocenters. The number of fused-ring (bicyclic) bond motifs is 4. The molecule has 14 atom stereocenters. The lowest BCUT2D eigenvalue weighted by molar-refractivity contribution is -0.191. The number of ether oxygens (including phenoxy) is 6. The molecule has 2 aliphatic carbocycles. The third kappa shape index (κ3) is 8.98. The lowest BCUT2D eigenvalue weighted by atomic mass is 9.85. The van der Waals surface area contributed by atoms with Crippen molar-refractivity contribution < 1.29 is 38.0 Å². The first-order valence-electron chi connectivity index (χ1n) is 19.2. The Kier molecular flexibility index (Phi) is 11.3. The molecule has 2 saturated carbocycles. The van der Waals surface area contributed by atoms with Crippen LogP contribution in [0.5, 0.6) is 0 Å². The van der Waals surface area contributed by atoms with Crippen molar-refractivity contribution in [3.05, 3.63) is 71.8 Å². The summed E-state index contributed by atoms with van der Waals surface area (Å²) in [7, 11) is 0. The van der Waals surface area contributed by atoms with Crippen LogP contribution in [0.1, 0.15) is 90.2 Å². The summed E-state index contributed by atoms with van der Waals surface area (Å²) in [6.45, 7) is 9.67. The summed E-state index contributed by atoms with van der Waals surface area (Å²) in [5, 5.41) is 0. The lowest BCUT2D eigenvalue weighted by Gasteiger charge is -2.42. The van der Waals surface area contributed by atoms with Crippen LogP contribution in [0.4, 0.5) is 0 Å². The number of hydrogen-bond donors (Lipinski definition) is 0. The third-order valence-corrected chi connectivity index (χ3v) is 12.3. The molecule has 272 valence electrons.